The fourth-order valence-corrected chi connectivity index (χ4v) is 2.34. The highest BCUT2D eigenvalue weighted by atomic mass is 32.2. The fraction of sp³-hybridized carbons (Fsp3) is 0.333. The van der Waals surface area contributed by atoms with Gasteiger partial charge in [-0.1, -0.05) is 0 Å². The number of aryl methyl sites for hydroxylation is 2. The summed E-state index contributed by atoms with van der Waals surface area (Å²) in [5, 5.41) is 5.91. The predicted molar refractivity (Wildman–Crippen MR) is 63.0 cm³/mol. The molecule has 0 atom stereocenters. The quantitative estimate of drug-likeness (QED) is 0.722. The maximum Gasteiger partial charge on any atom is 0.246 e. The van der Waals surface area contributed by atoms with Gasteiger partial charge in [0.05, 0.1) is 18.4 Å². The smallest absolute Gasteiger partial charge is 0.246 e. The summed E-state index contributed by atoms with van der Waals surface area (Å²) in [5.74, 6) is 0.949. The molecule has 0 fully saturated rings. The van der Waals surface area contributed by atoms with Crippen LogP contribution in [0.3, 0.4) is 0 Å². The number of aromatic nitrogens is 3. The number of H-pyrrole nitrogens is 1. The van der Waals surface area contributed by atoms with Gasteiger partial charge in [-0.2, -0.15) is 5.10 Å². The van der Waals surface area contributed by atoms with Crippen molar-refractivity contribution >= 4 is 15.8 Å². The minimum absolute atomic E-state index is 0.0118. The highest BCUT2D eigenvalue weighted by molar-refractivity contribution is 7.89. The molecular weight excluding hydrogens is 258 g/mol. The van der Waals surface area contributed by atoms with Crippen molar-refractivity contribution in [3.63, 3.8) is 0 Å². The summed E-state index contributed by atoms with van der Waals surface area (Å²) in [6.45, 7) is 3.50. The number of nitrogens with zero attached hydrogens (tertiary/aromatic N) is 2. The van der Waals surface area contributed by atoms with Gasteiger partial charge in [0.1, 0.15) is 16.5 Å². The van der Waals surface area contributed by atoms with Gasteiger partial charge in [-0.15, -0.1) is 0 Å². The van der Waals surface area contributed by atoms with Gasteiger partial charge in [0.25, 0.3) is 0 Å². The minimum atomic E-state index is -3.72. The Morgan fingerprint density at radius 2 is 2.22 bits per heavy atom. The van der Waals surface area contributed by atoms with Gasteiger partial charge in [-0.25, -0.2) is 18.1 Å². The average Bonchev–Trinajstić information content (AvgIpc) is 2.84. The molecule has 2 rings (SSSR count). The number of aromatic amines is 1. The standard InChI is InChI=1S/C9H13N5O3S/c1-5-6(2)17-8(13-5)4-12-18(15,16)7-3-11-14-9(7)10/h3,12H,4H2,1-2H3,(H3,10,11,14). The van der Waals surface area contributed by atoms with Gasteiger partial charge in [0.15, 0.2) is 0 Å². The van der Waals surface area contributed by atoms with Gasteiger partial charge in [0, 0.05) is 0 Å². The van der Waals surface area contributed by atoms with Crippen molar-refractivity contribution in [2.45, 2.75) is 25.3 Å². The van der Waals surface area contributed by atoms with Crippen LogP contribution in [0.2, 0.25) is 0 Å². The third kappa shape index (κ3) is 2.36. The van der Waals surface area contributed by atoms with Crippen LogP contribution in [0.1, 0.15) is 17.3 Å². The van der Waals surface area contributed by atoms with Crippen LogP contribution in [0.15, 0.2) is 15.5 Å². The van der Waals surface area contributed by atoms with Crippen LogP contribution in [0.4, 0.5) is 5.82 Å². The van der Waals surface area contributed by atoms with E-state index in [1.54, 1.807) is 13.8 Å². The molecule has 0 aliphatic carbocycles. The first-order valence-electron chi connectivity index (χ1n) is 5.11. The van der Waals surface area contributed by atoms with Crippen molar-refractivity contribution in [1.82, 2.24) is 19.9 Å². The summed E-state index contributed by atoms with van der Waals surface area (Å²) in [4.78, 5) is 3.97. The molecule has 0 bridgehead atoms. The molecule has 0 saturated heterocycles. The van der Waals surface area contributed by atoms with Crippen LogP contribution < -0.4 is 10.5 Å². The summed E-state index contributed by atoms with van der Waals surface area (Å²) < 4.78 is 31.3. The molecular formula is C9H13N5O3S. The summed E-state index contributed by atoms with van der Waals surface area (Å²) in [6, 6.07) is 0. The second kappa shape index (κ2) is 4.42. The van der Waals surface area contributed by atoms with Crippen LogP contribution in [-0.4, -0.2) is 23.6 Å². The first kappa shape index (κ1) is 12.6. The highest BCUT2D eigenvalue weighted by Crippen LogP contribution is 2.14. The highest BCUT2D eigenvalue weighted by Gasteiger charge is 2.20. The van der Waals surface area contributed by atoms with Gasteiger partial charge in [-0.3, -0.25) is 5.10 Å². The van der Waals surface area contributed by atoms with E-state index in [0.717, 1.165) is 11.9 Å². The Morgan fingerprint density at radius 1 is 1.50 bits per heavy atom. The number of nitrogens with one attached hydrogen (secondary N) is 2. The number of hydrogen-bond acceptors (Lipinski definition) is 6. The Balaban J connectivity index is 2.13. The first-order valence-corrected chi connectivity index (χ1v) is 6.60. The van der Waals surface area contributed by atoms with E-state index in [1.807, 2.05) is 0 Å². The second-order valence-corrected chi connectivity index (χ2v) is 5.46. The van der Waals surface area contributed by atoms with Gasteiger partial charge in [0.2, 0.25) is 15.9 Å². The molecule has 2 heterocycles. The molecule has 18 heavy (non-hydrogen) atoms. The lowest BCUT2D eigenvalue weighted by Crippen LogP contribution is -2.23. The predicted octanol–water partition coefficient (Wildman–Crippen LogP) is 0.0752. The Hall–Kier alpha value is -1.87. The van der Waals surface area contributed by atoms with Crippen LogP contribution in [0.5, 0.6) is 0 Å². The Kier molecular flexibility index (Phi) is 3.09. The third-order valence-electron chi connectivity index (χ3n) is 2.41. The zero-order chi connectivity index (χ0) is 13.3. The molecule has 2 aromatic heterocycles. The molecule has 0 aliphatic heterocycles. The molecule has 9 heteroatoms. The largest absolute Gasteiger partial charge is 0.444 e. The molecule has 0 unspecified atom stereocenters. The van der Waals surface area contributed by atoms with Crippen LogP contribution in [0.25, 0.3) is 0 Å². The topological polar surface area (TPSA) is 127 Å². The van der Waals surface area contributed by atoms with Crippen molar-refractivity contribution in [2.24, 2.45) is 0 Å². The monoisotopic (exact) mass is 271 g/mol. The number of oxazole rings is 1. The average molecular weight is 271 g/mol. The van der Waals surface area contributed by atoms with Crippen molar-refractivity contribution in [2.75, 3.05) is 5.73 Å². The number of hydrogen-bond donors (Lipinski definition) is 3. The minimum Gasteiger partial charge on any atom is -0.444 e. The lowest BCUT2D eigenvalue weighted by atomic mass is 10.4. The molecule has 0 saturated carbocycles. The van der Waals surface area contributed by atoms with E-state index in [0.29, 0.717) is 11.7 Å². The number of sulfonamides is 1. The summed E-state index contributed by atoms with van der Waals surface area (Å²) >= 11 is 0. The molecule has 0 aliphatic rings. The lowest BCUT2D eigenvalue weighted by molar-refractivity contribution is 0.463. The van der Waals surface area contributed by atoms with E-state index in [-0.39, 0.29) is 17.3 Å². The van der Waals surface area contributed by atoms with Crippen molar-refractivity contribution in [3.8, 4) is 0 Å². The van der Waals surface area contributed by atoms with E-state index in [2.05, 4.69) is 19.9 Å². The summed E-state index contributed by atoms with van der Waals surface area (Å²) in [5.41, 5.74) is 6.18. The Bertz CT molecular complexity index is 638. The van der Waals surface area contributed by atoms with E-state index in [1.165, 1.54) is 0 Å². The normalized spacial score (nSPS) is 11.9. The number of nitrogens with two attached hydrogens (primary N) is 1. The SMILES string of the molecule is Cc1nc(CNS(=O)(=O)c2cn[nH]c2N)oc1C. The molecule has 0 aromatic carbocycles. The fourth-order valence-electron chi connectivity index (χ4n) is 1.35. The molecule has 0 amide bonds. The second-order valence-electron chi connectivity index (χ2n) is 3.72. The molecule has 0 radical (unpaired) electrons. The van der Waals surface area contributed by atoms with Gasteiger partial charge < -0.3 is 10.2 Å². The van der Waals surface area contributed by atoms with Crippen LogP contribution in [-0.2, 0) is 16.6 Å². The van der Waals surface area contributed by atoms with E-state index < -0.39 is 10.0 Å². The van der Waals surface area contributed by atoms with Crippen LogP contribution in [0, 0.1) is 13.8 Å². The van der Waals surface area contributed by atoms with E-state index in [4.69, 9.17) is 10.2 Å². The molecule has 98 valence electrons. The summed E-state index contributed by atoms with van der Waals surface area (Å²) in [7, 11) is -3.72. The molecule has 0 spiro atoms. The van der Waals surface area contributed by atoms with E-state index in [9.17, 15) is 8.42 Å². The Labute approximate surface area is 104 Å². The number of anilines is 1. The molecule has 4 N–H and O–H groups in total. The molecule has 2 aromatic rings. The van der Waals surface area contributed by atoms with Crippen LogP contribution >= 0.6 is 0 Å². The first-order chi connectivity index (χ1) is 8.40. The van der Waals surface area contributed by atoms with Gasteiger partial charge in [-0.05, 0) is 13.8 Å². The van der Waals surface area contributed by atoms with Crippen molar-refractivity contribution in [1.29, 1.82) is 0 Å². The maximum atomic E-state index is 11.9. The maximum absolute atomic E-state index is 11.9. The lowest BCUT2D eigenvalue weighted by Gasteiger charge is -2.02. The van der Waals surface area contributed by atoms with E-state index >= 15 is 0 Å². The van der Waals surface area contributed by atoms with Crippen molar-refractivity contribution in [3.05, 3.63) is 23.5 Å². The van der Waals surface area contributed by atoms with Gasteiger partial charge >= 0.3 is 0 Å². The molecule has 8 nitrogen and oxygen atoms in total. The zero-order valence-electron chi connectivity index (χ0n) is 9.89. The number of nitrogen functional groups attached to an aromatic ring is 1. The van der Waals surface area contributed by atoms with Crippen molar-refractivity contribution < 1.29 is 12.8 Å². The number of rotatable bonds is 4. The summed E-state index contributed by atoms with van der Waals surface area (Å²) in [6.07, 6.45) is 1.14. The zero-order valence-corrected chi connectivity index (χ0v) is 10.7. The third-order valence-corrected chi connectivity index (χ3v) is 3.84. The Morgan fingerprint density at radius 3 is 2.72 bits per heavy atom.